The van der Waals surface area contributed by atoms with Crippen molar-refractivity contribution in [2.24, 2.45) is 0 Å². The first-order valence-electron chi connectivity index (χ1n) is 7.93. The Kier molecular flexibility index (Phi) is 4.82. The van der Waals surface area contributed by atoms with E-state index in [2.05, 4.69) is 27.0 Å². The molecule has 1 atom stereocenters. The lowest BCUT2D eigenvalue weighted by Gasteiger charge is -2.24. The highest BCUT2D eigenvalue weighted by molar-refractivity contribution is 5.28. The molecule has 0 amide bonds. The molecule has 1 aromatic rings. The van der Waals surface area contributed by atoms with Gasteiger partial charge in [0.15, 0.2) is 0 Å². The Bertz CT molecular complexity index is 408. The summed E-state index contributed by atoms with van der Waals surface area (Å²) in [6.07, 6.45) is 7.87. The summed E-state index contributed by atoms with van der Waals surface area (Å²) in [7, 11) is 0. The molecule has 0 spiro atoms. The van der Waals surface area contributed by atoms with Gasteiger partial charge in [-0.05, 0) is 64.3 Å². The molecule has 2 fully saturated rings. The predicted molar refractivity (Wildman–Crippen MR) is 81.0 cm³/mol. The lowest BCUT2D eigenvalue weighted by atomic mass is 9.97. The molecule has 0 saturated carbocycles. The van der Waals surface area contributed by atoms with Crippen LogP contribution in [0.1, 0.15) is 43.7 Å². The number of piperidine rings is 1. The van der Waals surface area contributed by atoms with E-state index in [9.17, 15) is 0 Å². The van der Waals surface area contributed by atoms with Crippen molar-refractivity contribution in [2.75, 3.05) is 31.5 Å². The van der Waals surface area contributed by atoms with Crippen molar-refractivity contribution >= 4 is 5.95 Å². The zero-order valence-electron chi connectivity index (χ0n) is 12.1. The van der Waals surface area contributed by atoms with E-state index in [1.54, 1.807) is 0 Å². The standard InChI is InChI=1S/C15H25N5/c1-2-12(3-8-16-7-1)14-6-11-18-15(20-14)19-13-4-9-17-10-5-13/h6,11-13,16-17H,1-5,7-10H2,(H,18,19,20). The SMILES string of the molecule is c1cc(C2CCCNCC2)nc(NC2CCNCC2)n1. The highest BCUT2D eigenvalue weighted by Gasteiger charge is 2.17. The van der Waals surface area contributed by atoms with Gasteiger partial charge in [0.05, 0.1) is 0 Å². The monoisotopic (exact) mass is 275 g/mol. The second-order valence-electron chi connectivity index (χ2n) is 5.85. The van der Waals surface area contributed by atoms with Gasteiger partial charge in [-0.1, -0.05) is 0 Å². The average Bonchev–Trinajstić information content (AvgIpc) is 2.78. The van der Waals surface area contributed by atoms with Crippen molar-refractivity contribution in [3.8, 4) is 0 Å². The molecule has 0 bridgehead atoms. The molecule has 2 aliphatic rings. The fourth-order valence-corrected chi connectivity index (χ4v) is 3.13. The van der Waals surface area contributed by atoms with Gasteiger partial charge in [-0.2, -0.15) is 0 Å². The smallest absolute Gasteiger partial charge is 0.223 e. The summed E-state index contributed by atoms with van der Waals surface area (Å²) in [5.74, 6) is 1.40. The lowest BCUT2D eigenvalue weighted by molar-refractivity contribution is 0.476. The van der Waals surface area contributed by atoms with E-state index in [0.29, 0.717) is 12.0 Å². The molecule has 0 aromatic carbocycles. The van der Waals surface area contributed by atoms with Gasteiger partial charge < -0.3 is 16.0 Å². The maximum absolute atomic E-state index is 4.76. The van der Waals surface area contributed by atoms with Gasteiger partial charge in [0.2, 0.25) is 5.95 Å². The third kappa shape index (κ3) is 3.67. The van der Waals surface area contributed by atoms with Crippen LogP contribution < -0.4 is 16.0 Å². The lowest BCUT2D eigenvalue weighted by Crippen LogP contribution is -2.35. The molecule has 110 valence electrons. The Morgan fingerprint density at radius 3 is 2.70 bits per heavy atom. The Morgan fingerprint density at radius 1 is 1.00 bits per heavy atom. The fourth-order valence-electron chi connectivity index (χ4n) is 3.13. The fraction of sp³-hybridized carbons (Fsp3) is 0.733. The maximum Gasteiger partial charge on any atom is 0.223 e. The van der Waals surface area contributed by atoms with Crippen molar-refractivity contribution in [2.45, 2.75) is 44.1 Å². The van der Waals surface area contributed by atoms with Crippen LogP contribution in [0, 0.1) is 0 Å². The molecule has 1 aromatic heterocycles. The van der Waals surface area contributed by atoms with Gasteiger partial charge in [-0.25, -0.2) is 9.97 Å². The summed E-state index contributed by atoms with van der Waals surface area (Å²) in [4.78, 5) is 9.16. The number of nitrogens with zero attached hydrogens (tertiary/aromatic N) is 2. The zero-order chi connectivity index (χ0) is 13.6. The molecule has 1 unspecified atom stereocenters. The van der Waals surface area contributed by atoms with Crippen molar-refractivity contribution in [3.63, 3.8) is 0 Å². The van der Waals surface area contributed by atoms with Gasteiger partial charge >= 0.3 is 0 Å². The van der Waals surface area contributed by atoms with Crippen molar-refractivity contribution in [1.82, 2.24) is 20.6 Å². The summed E-state index contributed by atoms with van der Waals surface area (Å²) in [6.45, 7) is 4.42. The first kappa shape index (κ1) is 13.8. The molecule has 3 rings (SSSR count). The van der Waals surface area contributed by atoms with E-state index in [0.717, 1.165) is 45.0 Å². The maximum atomic E-state index is 4.76. The van der Waals surface area contributed by atoms with Crippen molar-refractivity contribution in [3.05, 3.63) is 18.0 Å². The number of aromatic nitrogens is 2. The minimum atomic E-state index is 0.516. The number of hydrogen-bond donors (Lipinski definition) is 3. The predicted octanol–water partition coefficient (Wildman–Crippen LogP) is 1.50. The molecular formula is C15H25N5. The Balaban J connectivity index is 1.65. The number of hydrogen-bond acceptors (Lipinski definition) is 5. The van der Waals surface area contributed by atoms with Gasteiger partial charge in [0, 0.05) is 23.9 Å². The molecule has 5 heteroatoms. The quantitative estimate of drug-likeness (QED) is 0.780. The highest BCUT2D eigenvalue weighted by Crippen LogP contribution is 2.25. The normalized spacial score (nSPS) is 25.1. The summed E-state index contributed by atoms with van der Waals surface area (Å²) in [5, 5.41) is 10.3. The van der Waals surface area contributed by atoms with Crippen LogP contribution in [0.2, 0.25) is 0 Å². The van der Waals surface area contributed by atoms with Gasteiger partial charge in [0.25, 0.3) is 0 Å². The topological polar surface area (TPSA) is 61.9 Å². The van der Waals surface area contributed by atoms with Gasteiger partial charge in [-0.15, -0.1) is 0 Å². The second kappa shape index (κ2) is 6.99. The van der Waals surface area contributed by atoms with E-state index < -0.39 is 0 Å². The molecule has 0 radical (unpaired) electrons. The van der Waals surface area contributed by atoms with Crippen LogP contribution in [0.4, 0.5) is 5.95 Å². The Labute approximate surface area is 121 Å². The van der Waals surface area contributed by atoms with E-state index in [4.69, 9.17) is 4.98 Å². The van der Waals surface area contributed by atoms with Crippen LogP contribution >= 0.6 is 0 Å². The minimum Gasteiger partial charge on any atom is -0.351 e. The summed E-state index contributed by atoms with van der Waals surface area (Å²) in [6, 6.07) is 2.60. The van der Waals surface area contributed by atoms with Gasteiger partial charge in [-0.3, -0.25) is 0 Å². The molecule has 3 heterocycles. The van der Waals surface area contributed by atoms with Crippen molar-refractivity contribution < 1.29 is 0 Å². The second-order valence-corrected chi connectivity index (χ2v) is 5.85. The molecule has 2 saturated heterocycles. The third-order valence-corrected chi connectivity index (χ3v) is 4.34. The third-order valence-electron chi connectivity index (χ3n) is 4.34. The number of rotatable bonds is 3. The summed E-state index contributed by atoms with van der Waals surface area (Å²) < 4.78 is 0. The number of anilines is 1. The Hall–Kier alpha value is -1.20. The first-order chi connectivity index (χ1) is 9.92. The van der Waals surface area contributed by atoms with Crippen LogP contribution in [0.5, 0.6) is 0 Å². The average molecular weight is 275 g/mol. The number of nitrogens with one attached hydrogen (secondary N) is 3. The van der Waals surface area contributed by atoms with Crippen LogP contribution in [0.15, 0.2) is 12.3 Å². The largest absolute Gasteiger partial charge is 0.351 e. The van der Waals surface area contributed by atoms with E-state index in [1.165, 1.54) is 25.0 Å². The van der Waals surface area contributed by atoms with Crippen molar-refractivity contribution in [1.29, 1.82) is 0 Å². The molecule has 2 aliphatic heterocycles. The van der Waals surface area contributed by atoms with Crippen LogP contribution in [-0.2, 0) is 0 Å². The van der Waals surface area contributed by atoms with E-state index in [-0.39, 0.29) is 0 Å². The molecule has 5 nitrogen and oxygen atoms in total. The zero-order valence-corrected chi connectivity index (χ0v) is 12.1. The highest BCUT2D eigenvalue weighted by atomic mass is 15.1. The van der Waals surface area contributed by atoms with E-state index >= 15 is 0 Å². The van der Waals surface area contributed by atoms with E-state index in [1.807, 2.05) is 6.20 Å². The first-order valence-corrected chi connectivity index (χ1v) is 7.93. The molecule has 0 aliphatic carbocycles. The molecular weight excluding hydrogens is 250 g/mol. The summed E-state index contributed by atoms with van der Waals surface area (Å²) in [5.41, 5.74) is 1.21. The van der Waals surface area contributed by atoms with Crippen LogP contribution in [-0.4, -0.2) is 42.2 Å². The molecule has 20 heavy (non-hydrogen) atoms. The summed E-state index contributed by atoms with van der Waals surface area (Å²) >= 11 is 0. The van der Waals surface area contributed by atoms with Crippen LogP contribution in [0.25, 0.3) is 0 Å². The molecule has 3 N–H and O–H groups in total. The van der Waals surface area contributed by atoms with Gasteiger partial charge in [0.1, 0.15) is 0 Å². The minimum absolute atomic E-state index is 0.516. The Morgan fingerprint density at radius 2 is 1.80 bits per heavy atom. The van der Waals surface area contributed by atoms with Crippen LogP contribution in [0.3, 0.4) is 0 Å².